The Hall–Kier alpha value is -0.650. The SMILES string of the molecule is CC1CNCCC1NC(=O)c1ccc(C2SCCS2)cc1. The molecule has 21 heavy (non-hydrogen) atoms. The summed E-state index contributed by atoms with van der Waals surface area (Å²) in [5.41, 5.74) is 2.10. The average Bonchev–Trinajstić information content (AvgIpc) is 3.04. The van der Waals surface area contributed by atoms with Crippen LogP contribution in [-0.2, 0) is 0 Å². The molecule has 2 atom stereocenters. The van der Waals surface area contributed by atoms with Crippen molar-refractivity contribution < 1.29 is 4.79 Å². The molecule has 3 rings (SSSR count). The van der Waals surface area contributed by atoms with Gasteiger partial charge in [-0.1, -0.05) is 19.1 Å². The molecule has 0 spiro atoms. The zero-order chi connectivity index (χ0) is 14.7. The van der Waals surface area contributed by atoms with Crippen molar-refractivity contribution in [1.29, 1.82) is 0 Å². The number of amides is 1. The minimum Gasteiger partial charge on any atom is -0.349 e. The average molecular weight is 322 g/mol. The van der Waals surface area contributed by atoms with E-state index in [1.165, 1.54) is 17.1 Å². The molecule has 1 aromatic carbocycles. The summed E-state index contributed by atoms with van der Waals surface area (Å²) in [6.07, 6.45) is 1.01. The van der Waals surface area contributed by atoms with Gasteiger partial charge in [-0.25, -0.2) is 0 Å². The Labute approximate surface area is 135 Å². The predicted molar refractivity (Wildman–Crippen MR) is 92.0 cm³/mol. The molecular weight excluding hydrogens is 300 g/mol. The zero-order valence-corrected chi connectivity index (χ0v) is 13.9. The fraction of sp³-hybridized carbons (Fsp3) is 0.562. The van der Waals surface area contributed by atoms with Crippen LogP contribution in [0.4, 0.5) is 0 Å². The molecule has 2 aliphatic rings. The van der Waals surface area contributed by atoms with Gasteiger partial charge >= 0.3 is 0 Å². The van der Waals surface area contributed by atoms with Crippen LogP contribution in [0, 0.1) is 5.92 Å². The minimum atomic E-state index is 0.0621. The maximum absolute atomic E-state index is 12.3. The fourth-order valence-corrected chi connectivity index (χ4v) is 5.68. The summed E-state index contributed by atoms with van der Waals surface area (Å²) in [7, 11) is 0. The number of benzene rings is 1. The molecule has 0 saturated carbocycles. The zero-order valence-electron chi connectivity index (χ0n) is 12.3. The van der Waals surface area contributed by atoms with Crippen LogP contribution in [0.2, 0.25) is 0 Å². The van der Waals surface area contributed by atoms with Crippen LogP contribution in [0.3, 0.4) is 0 Å². The molecule has 0 radical (unpaired) electrons. The van der Waals surface area contributed by atoms with Gasteiger partial charge in [0.1, 0.15) is 0 Å². The van der Waals surface area contributed by atoms with Crippen LogP contribution in [0.5, 0.6) is 0 Å². The van der Waals surface area contributed by atoms with Crippen LogP contribution >= 0.6 is 23.5 Å². The van der Waals surface area contributed by atoms with Gasteiger partial charge in [0.05, 0.1) is 4.58 Å². The lowest BCUT2D eigenvalue weighted by Crippen LogP contribution is -2.48. The Bertz CT molecular complexity index is 486. The van der Waals surface area contributed by atoms with E-state index in [4.69, 9.17) is 0 Å². The number of hydrogen-bond donors (Lipinski definition) is 2. The summed E-state index contributed by atoms with van der Waals surface area (Å²) in [5.74, 6) is 3.01. The Kier molecular flexibility index (Phi) is 5.14. The maximum Gasteiger partial charge on any atom is 0.251 e. The van der Waals surface area contributed by atoms with E-state index in [9.17, 15) is 4.79 Å². The third-order valence-electron chi connectivity index (χ3n) is 4.17. The summed E-state index contributed by atoms with van der Waals surface area (Å²) >= 11 is 3.99. The van der Waals surface area contributed by atoms with Gasteiger partial charge in [-0.05, 0) is 43.1 Å². The van der Waals surface area contributed by atoms with E-state index in [1.807, 2.05) is 35.7 Å². The van der Waals surface area contributed by atoms with E-state index >= 15 is 0 Å². The molecule has 0 bridgehead atoms. The standard InChI is InChI=1S/C16H22N2OS2/c1-11-10-17-7-6-14(11)18-15(19)12-2-4-13(5-3-12)16-20-8-9-21-16/h2-5,11,14,16-17H,6-10H2,1H3,(H,18,19). The Morgan fingerprint density at radius 3 is 2.62 bits per heavy atom. The summed E-state index contributed by atoms with van der Waals surface area (Å²) < 4.78 is 0.548. The molecule has 2 N–H and O–H groups in total. The highest BCUT2D eigenvalue weighted by molar-refractivity contribution is 8.19. The lowest BCUT2D eigenvalue weighted by atomic mass is 9.95. The van der Waals surface area contributed by atoms with Crippen molar-refractivity contribution in [3.63, 3.8) is 0 Å². The first-order chi connectivity index (χ1) is 10.2. The van der Waals surface area contributed by atoms with E-state index in [0.29, 0.717) is 16.5 Å². The van der Waals surface area contributed by atoms with Crippen molar-refractivity contribution >= 4 is 29.4 Å². The van der Waals surface area contributed by atoms with Crippen LogP contribution in [0.15, 0.2) is 24.3 Å². The van der Waals surface area contributed by atoms with Gasteiger partial charge in [0.25, 0.3) is 5.91 Å². The number of thioether (sulfide) groups is 2. The van der Waals surface area contributed by atoms with Gasteiger partial charge in [0, 0.05) is 23.1 Å². The number of carbonyl (C=O) groups excluding carboxylic acids is 1. The van der Waals surface area contributed by atoms with Gasteiger partial charge in [-0.3, -0.25) is 4.79 Å². The molecule has 114 valence electrons. The van der Waals surface area contributed by atoms with Crippen molar-refractivity contribution in [3.05, 3.63) is 35.4 Å². The monoisotopic (exact) mass is 322 g/mol. The van der Waals surface area contributed by atoms with Gasteiger partial charge in [0.15, 0.2) is 0 Å². The van der Waals surface area contributed by atoms with Crippen LogP contribution < -0.4 is 10.6 Å². The lowest BCUT2D eigenvalue weighted by molar-refractivity contribution is 0.0914. The van der Waals surface area contributed by atoms with Crippen molar-refractivity contribution in [1.82, 2.24) is 10.6 Å². The second-order valence-electron chi connectivity index (χ2n) is 5.75. The molecule has 5 heteroatoms. The number of rotatable bonds is 3. The third-order valence-corrected chi connectivity index (χ3v) is 7.27. The highest BCUT2D eigenvalue weighted by atomic mass is 32.2. The van der Waals surface area contributed by atoms with E-state index in [1.54, 1.807) is 0 Å². The summed E-state index contributed by atoms with van der Waals surface area (Å²) in [5, 5.41) is 6.54. The van der Waals surface area contributed by atoms with Gasteiger partial charge in [-0.2, -0.15) is 0 Å². The number of nitrogens with one attached hydrogen (secondary N) is 2. The smallest absolute Gasteiger partial charge is 0.251 e. The lowest BCUT2D eigenvalue weighted by Gasteiger charge is -2.30. The molecule has 0 aromatic heterocycles. The quantitative estimate of drug-likeness (QED) is 0.898. The predicted octanol–water partition coefficient (Wildman–Crippen LogP) is 2.89. The molecule has 2 unspecified atom stereocenters. The minimum absolute atomic E-state index is 0.0621. The van der Waals surface area contributed by atoms with Crippen LogP contribution in [0.1, 0.15) is 33.8 Å². The van der Waals surface area contributed by atoms with Gasteiger partial charge in [-0.15, -0.1) is 23.5 Å². The molecule has 2 fully saturated rings. The van der Waals surface area contributed by atoms with Crippen LogP contribution in [-0.4, -0.2) is 36.5 Å². The molecule has 0 aliphatic carbocycles. The van der Waals surface area contributed by atoms with Gasteiger partial charge < -0.3 is 10.6 Å². The summed E-state index contributed by atoms with van der Waals surface area (Å²) in [6, 6.07) is 8.44. The highest BCUT2D eigenvalue weighted by Gasteiger charge is 2.23. The van der Waals surface area contributed by atoms with Gasteiger partial charge in [0.2, 0.25) is 0 Å². The molecule has 2 saturated heterocycles. The third kappa shape index (κ3) is 3.76. The molecule has 2 heterocycles. The molecular formula is C16H22N2OS2. The molecule has 2 aliphatic heterocycles. The van der Waals surface area contributed by atoms with Crippen molar-refractivity contribution in [2.24, 2.45) is 5.92 Å². The highest BCUT2D eigenvalue weighted by Crippen LogP contribution is 2.45. The first-order valence-corrected chi connectivity index (χ1v) is 9.68. The Balaban J connectivity index is 1.61. The topological polar surface area (TPSA) is 41.1 Å². The van der Waals surface area contributed by atoms with Crippen molar-refractivity contribution in [2.75, 3.05) is 24.6 Å². The normalized spacial score (nSPS) is 26.7. The van der Waals surface area contributed by atoms with Crippen LogP contribution in [0.25, 0.3) is 0 Å². The maximum atomic E-state index is 12.3. The summed E-state index contributed by atoms with van der Waals surface area (Å²) in [6.45, 7) is 4.17. The molecule has 1 aromatic rings. The van der Waals surface area contributed by atoms with E-state index < -0.39 is 0 Å². The largest absolute Gasteiger partial charge is 0.349 e. The second-order valence-corrected chi connectivity index (χ2v) is 8.47. The first-order valence-electron chi connectivity index (χ1n) is 7.59. The van der Waals surface area contributed by atoms with E-state index in [-0.39, 0.29) is 5.91 Å². The molecule has 3 nitrogen and oxygen atoms in total. The first kappa shape index (κ1) is 15.3. The van der Waals surface area contributed by atoms with Crippen molar-refractivity contribution in [2.45, 2.75) is 24.0 Å². The van der Waals surface area contributed by atoms with E-state index in [2.05, 4.69) is 29.7 Å². The van der Waals surface area contributed by atoms with Crippen molar-refractivity contribution in [3.8, 4) is 0 Å². The second kappa shape index (κ2) is 7.07. The molecule has 1 amide bonds. The van der Waals surface area contributed by atoms with E-state index in [0.717, 1.165) is 25.1 Å². The number of piperidine rings is 1. The summed E-state index contributed by atoms with van der Waals surface area (Å²) in [4.78, 5) is 12.3. The Morgan fingerprint density at radius 2 is 1.95 bits per heavy atom. The Morgan fingerprint density at radius 1 is 1.24 bits per heavy atom. The number of hydrogen-bond acceptors (Lipinski definition) is 4. The number of carbonyl (C=O) groups is 1. The fourth-order valence-electron chi connectivity index (χ4n) is 2.82.